The van der Waals surface area contributed by atoms with Crippen molar-refractivity contribution < 1.29 is 19.1 Å². The molecule has 1 atom stereocenters. The van der Waals surface area contributed by atoms with E-state index in [2.05, 4.69) is 16.0 Å². The van der Waals surface area contributed by atoms with Gasteiger partial charge >= 0.3 is 6.03 Å². The fourth-order valence-corrected chi connectivity index (χ4v) is 1.69. The van der Waals surface area contributed by atoms with Crippen LogP contribution in [0.2, 0.25) is 0 Å². The Hall–Kier alpha value is -2.57. The average molecular weight is 277 g/mol. The number of hydrogen-bond acceptors (Lipinski definition) is 4. The first-order valence-electron chi connectivity index (χ1n) is 6.21. The van der Waals surface area contributed by atoms with Crippen molar-refractivity contribution in [2.45, 2.75) is 12.5 Å². The van der Waals surface area contributed by atoms with Crippen LogP contribution in [0.3, 0.4) is 0 Å². The van der Waals surface area contributed by atoms with E-state index in [9.17, 15) is 14.4 Å². The van der Waals surface area contributed by atoms with Gasteiger partial charge in [-0.1, -0.05) is 18.2 Å². The van der Waals surface area contributed by atoms with E-state index in [0.29, 0.717) is 5.75 Å². The molecule has 0 aromatic heterocycles. The van der Waals surface area contributed by atoms with Crippen LogP contribution in [0.1, 0.15) is 6.42 Å². The number of ether oxygens (including phenoxy) is 1. The number of hydrogen-bond donors (Lipinski definition) is 3. The van der Waals surface area contributed by atoms with Gasteiger partial charge in [-0.3, -0.25) is 14.9 Å². The summed E-state index contributed by atoms with van der Waals surface area (Å²) in [5.41, 5.74) is 0. The quantitative estimate of drug-likeness (QED) is 0.626. The molecular weight excluding hydrogens is 262 g/mol. The molecule has 4 amide bonds. The summed E-state index contributed by atoms with van der Waals surface area (Å²) < 4.78 is 5.38. The third-order valence-electron chi connectivity index (χ3n) is 2.70. The maximum Gasteiger partial charge on any atom is 0.322 e. The number of imide groups is 1. The molecule has 1 aliphatic rings. The van der Waals surface area contributed by atoms with Gasteiger partial charge in [-0.2, -0.15) is 0 Å². The van der Waals surface area contributed by atoms with Crippen molar-refractivity contribution in [3.63, 3.8) is 0 Å². The van der Waals surface area contributed by atoms with E-state index in [1.54, 1.807) is 12.1 Å². The van der Waals surface area contributed by atoms with Gasteiger partial charge in [0.25, 0.3) is 5.91 Å². The zero-order chi connectivity index (χ0) is 14.4. The van der Waals surface area contributed by atoms with Gasteiger partial charge in [-0.15, -0.1) is 0 Å². The lowest BCUT2D eigenvalue weighted by Crippen LogP contribution is -2.41. The molecule has 106 valence electrons. The molecule has 20 heavy (non-hydrogen) atoms. The summed E-state index contributed by atoms with van der Waals surface area (Å²) in [6.45, 7) is 0.320. The summed E-state index contributed by atoms with van der Waals surface area (Å²) in [5, 5.41) is 7.05. The van der Waals surface area contributed by atoms with Crippen LogP contribution in [0.4, 0.5) is 4.79 Å². The van der Waals surface area contributed by atoms with Crippen LogP contribution in [-0.4, -0.2) is 37.0 Å². The van der Waals surface area contributed by atoms with Gasteiger partial charge in [0.05, 0.1) is 13.0 Å². The fourth-order valence-electron chi connectivity index (χ4n) is 1.69. The molecule has 0 radical (unpaired) electrons. The van der Waals surface area contributed by atoms with E-state index in [1.807, 2.05) is 18.2 Å². The first-order valence-corrected chi connectivity index (χ1v) is 6.21. The van der Waals surface area contributed by atoms with Crippen LogP contribution in [-0.2, 0) is 9.59 Å². The van der Waals surface area contributed by atoms with Crippen LogP contribution in [0.25, 0.3) is 0 Å². The van der Waals surface area contributed by atoms with Crippen molar-refractivity contribution in [3.05, 3.63) is 30.3 Å². The topological polar surface area (TPSA) is 96.5 Å². The predicted octanol–water partition coefficient (Wildman–Crippen LogP) is -0.220. The third kappa shape index (κ3) is 3.98. The molecule has 1 unspecified atom stereocenters. The Balaban J connectivity index is 1.63. The molecule has 7 heteroatoms. The highest BCUT2D eigenvalue weighted by Crippen LogP contribution is 2.08. The van der Waals surface area contributed by atoms with Crippen molar-refractivity contribution in [2.24, 2.45) is 0 Å². The minimum atomic E-state index is -0.707. The molecule has 1 fully saturated rings. The van der Waals surface area contributed by atoms with Gasteiger partial charge < -0.3 is 15.4 Å². The number of carbonyl (C=O) groups is 3. The van der Waals surface area contributed by atoms with Gasteiger partial charge in [0.2, 0.25) is 5.91 Å². The number of benzene rings is 1. The van der Waals surface area contributed by atoms with Crippen LogP contribution < -0.4 is 20.7 Å². The maximum absolute atomic E-state index is 11.5. The fraction of sp³-hybridized carbons (Fsp3) is 0.308. The summed E-state index contributed by atoms with van der Waals surface area (Å²) in [4.78, 5) is 33.6. The minimum Gasteiger partial charge on any atom is -0.493 e. The summed E-state index contributed by atoms with van der Waals surface area (Å²) in [7, 11) is 0. The van der Waals surface area contributed by atoms with E-state index >= 15 is 0 Å². The SMILES string of the molecule is O=C(CCOc1ccccc1)NCC1NC(=O)NC1=O. The molecule has 1 heterocycles. The summed E-state index contributed by atoms with van der Waals surface area (Å²) in [6.07, 6.45) is 0.178. The lowest BCUT2D eigenvalue weighted by molar-refractivity contribution is -0.122. The first-order chi connectivity index (χ1) is 9.65. The third-order valence-corrected chi connectivity index (χ3v) is 2.70. The highest BCUT2D eigenvalue weighted by molar-refractivity contribution is 6.04. The summed E-state index contributed by atoms with van der Waals surface area (Å²) in [6, 6.07) is 7.92. The second kappa shape index (κ2) is 6.55. The molecule has 0 aliphatic carbocycles. The zero-order valence-electron chi connectivity index (χ0n) is 10.7. The molecule has 0 spiro atoms. The Morgan fingerprint density at radius 1 is 1.25 bits per heavy atom. The Kier molecular flexibility index (Phi) is 4.54. The molecule has 7 nitrogen and oxygen atoms in total. The standard InChI is InChI=1S/C13H15N3O4/c17-11(6-7-20-9-4-2-1-3-5-9)14-8-10-12(18)16-13(19)15-10/h1-5,10H,6-8H2,(H,14,17)(H2,15,16,18,19). The number of nitrogens with one attached hydrogen (secondary N) is 3. The number of amides is 4. The molecule has 3 N–H and O–H groups in total. The molecule has 0 saturated carbocycles. The van der Waals surface area contributed by atoms with Crippen molar-refractivity contribution in [2.75, 3.05) is 13.2 Å². The second-order valence-electron chi connectivity index (χ2n) is 4.23. The highest BCUT2D eigenvalue weighted by atomic mass is 16.5. The average Bonchev–Trinajstić information content (AvgIpc) is 2.76. The molecule has 1 aromatic rings. The highest BCUT2D eigenvalue weighted by Gasteiger charge is 2.29. The zero-order valence-corrected chi connectivity index (χ0v) is 10.7. The Morgan fingerprint density at radius 2 is 2.00 bits per heavy atom. The summed E-state index contributed by atoms with van der Waals surface area (Å²) >= 11 is 0. The van der Waals surface area contributed by atoms with E-state index in [4.69, 9.17) is 4.74 Å². The van der Waals surface area contributed by atoms with Crippen molar-refractivity contribution >= 4 is 17.8 Å². The van der Waals surface area contributed by atoms with Crippen LogP contribution in [0.5, 0.6) is 5.75 Å². The van der Waals surface area contributed by atoms with E-state index in [-0.39, 0.29) is 25.5 Å². The van der Waals surface area contributed by atoms with Crippen LogP contribution >= 0.6 is 0 Å². The van der Waals surface area contributed by atoms with E-state index in [1.165, 1.54) is 0 Å². The lowest BCUT2D eigenvalue weighted by Gasteiger charge is -2.09. The molecular formula is C13H15N3O4. The number of urea groups is 1. The molecule has 2 rings (SSSR count). The predicted molar refractivity (Wildman–Crippen MR) is 70.0 cm³/mol. The Bertz CT molecular complexity index is 504. The van der Waals surface area contributed by atoms with E-state index < -0.39 is 18.0 Å². The van der Waals surface area contributed by atoms with Gasteiger partial charge in [0.1, 0.15) is 11.8 Å². The maximum atomic E-state index is 11.5. The van der Waals surface area contributed by atoms with Crippen LogP contribution in [0, 0.1) is 0 Å². The monoisotopic (exact) mass is 277 g/mol. The molecule has 0 bridgehead atoms. The molecule has 1 aliphatic heterocycles. The summed E-state index contributed by atoms with van der Waals surface area (Å²) in [5.74, 6) is 0.0217. The largest absolute Gasteiger partial charge is 0.493 e. The molecule has 1 aromatic carbocycles. The van der Waals surface area contributed by atoms with E-state index in [0.717, 1.165) is 0 Å². The van der Waals surface area contributed by atoms with Crippen LogP contribution in [0.15, 0.2) is 30.3 Å². The number of carbonyl (C=O) groups excluding carboxylic acids is 3. The number of rotatable bonds is 6. The first kappa shape index (κ1) is 13.9. The number of para-hydroxylation sites is 1. The van der Waals surface area contributed by atoms with Crippen molar-refractivity contribution in [1.82, 2.24) is 16.0 Å². The van der Waals surface area contributed by atoms with Crippen molar-refractivity contribution in [1.29, 1.82) is 0 Å². The minimum absolute atomic E-state index is 0.0712. The second-order valence-corrected chi connectivity index (χ2v) is 4.23. The lowest BCUT2D eigenvalue weighted by atomic mass is 10.3. The normalized spacial score (nSPS) is 17.3. The van der Waals surface area contributed by atoms with Gasteiger partial charge in [0, 0.05) is 6.54 Å². The van der Waals surface area contributed by atoms with Gasteiger partial charge in [-0.05, 0) is 12.1 Å². The van der Waals surface area contributed by atoms with Gasteiger partial charge in [0.15, 0.2) is 0 Å². The smallest absolute Gasteiger partial charge is 0.322 e. The Morgan fingerprint density at radius 3 is 2.65 bits per heavy atom. The van der Waals surface area contributed by atoms with Gasteiger partial charge in [-0.25, -0.2) is 4.79 Å². The molecule has 1 saturated heterocycles. The Labute approximate surface area is 115 Å². The van der Waals surface area contributed by atoms with Crippen molar-refractivity contribution in [3.8, 4) is 5.75 Å².